The minimum Gasteiger partial charge on any atom is -0.462 e. The molecule has 17 heteroatoms. The highest BCUT2D eigenvalue weighted by Crippen LogP contribution is 2.47. The summed E-state index contributed by atoms with van der Waals surface area (Å²) in [6.45, 7) is 13.8. The molecule has 0 amide bonds. The largest absolute Gasteiger partial charge is 0.462 e. The van der Waals surface area contributed by atoms with E-state index in [1.807, 2.05) is 19.9 Å². The number of alkyl halides is 3. The molecule has 3 fully saturated rings. The van der Waals surface area contributed by atoms with Crippen molar-refractivity contribution in [2.24, 2.45) is 0 Å². The van der Waals surface area contributed by atoms with Crippen molar-refractivity contribution in [1.29, 1.82) is 0 Å². The predicted molar refractivity (Wildman–Crippen MR) is 263 cm³/mol. The molecule has 11 nitrogen and oxygen atoms in total. The summed E-state index contributed by atoms with van der Waals surface area (Å²) in [4.78, 5) is 30.4. The lowest BCUT2D eigenvalue weighted by molar-refractivity contribution is -0.137. The van der Waals surface area contributed by atoms with Crippen molar-refractivity contribution in [2.45, 2.75) is 122 Å². The SMILES string of the molecule is Cc1cc(N)nc(-c2c(Cl)cc3c(C(C)C)nc(OCC4CCC(c5ccc(Cl)c6c(N7CCc8c(nc(OCC9%10CCCN9CCC%10)nc8C(C)C)C7)cccc56)N4C)nc3c2F)c1C(F)(F)F. The number of likely N-dealkylation sites (tertiary alicyclic amines) is 1. The van der Waals surface area contributed by atoms with Crippen LogP contribution in [-0.2, 0) is 19.1 Å². The van der Waals surface area contributed by atoms with Crippen molar-refractivity contribution in [2.75, 3.05) is 50.5 Å². The average molecular weight is 987 g/mol. The zero-order valence-electron chi connectivity index (χ0n) is 39.8. The summed E-state index contributed by atoms with van der Waals surface area (Å²) in [6.07, 6.45) is 2.29. The second-order valence-corrected chi connectivity index (χ2v) is 20.8. The minimum atomic E-state index is -4.86. The van der Waals surface area contributed by atoms with E-state index in [0.29, 0.717) is 29.9 Å². The van der Waals surface area contributed by atoms with Gasteiger partial charge in [0, 0.05) is 35.1 Å². The summed E-state index contributed by atoms with van der Waals surface area (Å²) in [5, 5.41) is 2.72. The number of fused-ring (bicyclic) bond motifs is 4. The molecule has 0 saturated carbocycles. The number of aryl methyl sites for hydroxylation is 1. The van der Waals surface area contributed by atoms with Crippen LogP contribution in [0.15, 0.2) is 42.5 Å². The maximum Gasteiger partial charge on any atom is 0.418 e. The van der Waals surface area contributed by atoms with Gasteiger partial charge < -0.3 is 20.1 Å². The summed E-state index contributed by atoms with van der Waals surface area (Å²) in [5.74, 6) is -1.28. The van der Waals surface area contributed by atoms with Gasteiger partial charge in [-0.3, -0.25) is 9.80 Å². The molecule has 4 aliphatic heterocycles. The van der Waals surface area contributed by atoms with Crippen LogP contribution in [0.2, 0.25) is 10.0 Å². The Hall–Kier alpha value is -5.09. The van der Waals surface area contributed by atoms with Crippen molar-refractivity contribution in [3.8, 4) is 23.3 Å². The van der Waals surface area contributed by atoms with Gasteiger partial charge in [-0.05, 0) is 130 Å². The van der Waals surface area contributed by atoms with Crippen molar-refractivity contribution < 1.29 is 27.0 Å². The van der Waals surface area contributed by atoms with E-state index in [4.69, 9.17) is 48.4 Å². The first kappa shape index (κ1) is 47.6. The zero-order chi connectivity index (χ0) is 48.7. The van der Waals surface area contributed by atoms with Gasteiger partial charge in [0.15, 0.2) is 5.82 Å². The van der Waals surface area contributed by atoms with Crippen LogP contribution >= 0.6 is 23.2 Å². The molecule has 0 radical (unpaired) electrons. The summed E-state index contributed by atoms with van der Waals surface area (Å²) < 4.78 is 72.7. The number of nitrogens with zero attached hydrogens (tertiary/aromatic N) is 8. The van der Waals surface area contributed by atoms with Crippen LogP contribution in [0.25, 0.3) is 32.9 Å². The zero-order valence-corrected chi connectivity index (χ0v) is 41.3. The molecular formula is C52H57Cl2F4N9O2. The van der Waals surface area contributed by atoms with Crippen LogP contribution in [0.4, 0.5) is 29.1 Å². The first-order chi connectivity index (χ1) is 32.9. The van der Waals surface area contributed by atoms with Gasteiger partial charge >= 0.3 is 18.2 Å². The number of halogens is 6. The van der Waals surface area contributed by atoms with Gasteiger partial charge in [-0.25, -0.2) is 9.37 Å². The molecule has 3 aromatic carbocycles. The van der Waals surface area contributed by atoms with Crippen LogP contribution in [0, 0.1) is 12.7 Å². The first-order valence-electron chi connectivity index (χ1n) is 24.0. The number of nitrogen functional groups attached to an aromatic ring is 1. The van der Waals surface area contributed by atoms with Gasteiger partial charge in [0.1, 0.15) is 24.5 Å². The highest BCUT2D eigenvalue weighted by Gasteiger charge is 2.45. The Labute approximate surface area is 409 Å². The van der Waals surface area contributed by atoms with Gasteiger partial charge in [-0.15, -0.1) is 0 Å². The number of hydrogen-bond acceptors (Lipinski definition) is 11. The Morgan fingerprint density at radius 2 is 1.58 bits per heavy atom. The molecule has 2 unspecified atom stereocenters. The fourth-order valence-corrected chi connectivity index (χ4v) is 12.2. The maximum atomic E-state index is 16.7. The van der Waals surface area contributed by atoms with E-state index in [1.165, 1.54) is 31.4 Å². The van der Waals surface area contributed by atoms with Crippen LogP contribution in [0.1, 0.15) is 123 Å². The number of anilines is 2. The number of rotatable bonds is 11. The molecule has 0 spiro atoms. The number of ether oxygens (including phenoxy) is 2. The number of pyridine rings is 1. The molecule has 2 atom stereocenters. The van der Waals surface area contributed by atoms with E-state index in [9.17, 15) is 13.2 Å². The molecule has 0 bridgehead atoms. The van der Waals surface area contributed by atoms with Crippen molar-refractivity contribution in [1.82, 2.24) is 34.7 Å². The van der Waals surface area contributed by atoms with Crippen molar-refractivity contribution in [3.63, 3.8) is 0 Å². The van der Waals surface area contributed by atoms with Gasteiger partial charge in [0.05, 0.1) is 56.0 Å². The molecule has 69 heavy (non-hydrogen) atoms. The maximum absolute atomic E-state index is 16.7. The average Bonchev–Trinajstić information content (AvgIpc) is 4.00. The monoisotopic (exact) mass is 985 g/mol. The molecule has 3 aromatic heterocycles. The third-order valence-electron chi connectivity index (χ3n) is 15.0. The summed E-state index contributed by atoms with van der Waals surface area (Å²) in [7, 11) is 2.06. The molecular weight excluding hydrogens is 930 g/mol. The van der Waals surface area contributed by atoms with Crippen LogP contribution in [0.5, 0.6) is 12.0 Å². The summed E-state index contributed by atoms with van der Waals surface area (Å²) >= 11 is 13.7. The van der Waals surface area contributed by atoms with Crippen LogP contribution in [0.3, 0.4) is 0 Å². The lowest BCUT2D eigenvalue weighted by Gasteiger charge is -2.34. The molecule has 3 saturated heterocycles. The molecule has 4 aliphatic rings. The third kappa shape index (κ3) is 8.58. The van der Waals surface area contributed by atoms with E-state index in [1.54, 1.807) is 0 Å². The van der Waals surface area contributed by atoms with Gasteiger partial charge in [-0.1, -0.05) is 69.1 Å². The lowest BCUT2D eigenvalue weighted by atomic mass is 9.94. The molecule has 7 heterocycles. The van der Waals surface area contributed by atoms with Crippen LogP contribution < -0.4 is 20.1 Å². The second kappa shape index (κ2) is 18.3. The first-order valence-corrected chi connectivity index (χ1v) is 24.8. The highest BCUT2D eigenvalue weighted by molar-refractivity contribution is 6.37. The smallest absolute Gasteiger partial charge is 0.418 e. The normalized spacial score (nSPS) is 19.7. The predicted octanol–water partition coefficient (Wildman–Crippen LogP) is 12.0. The Bertz CT molecular complexity index is 2980. The Kier molecular flexibility index (Phi) is 12.6. The van der Waals surface area contributed by atoms with E-state index in [-0.39, 0.29) is 69.4 Å². The Morgan fingerprint density at radius 3 is 2.30 bits per heavy atom. The number of aromatic nitrogens is 5. The molecule has 6 aromatic rings. The summed E-state index contributed by atoms with van der Waals surface area (Å²) in [5.41, 5.74) is 9.07. The molecule has 364 valence electrons. The lowest BCUT2D eigenvalue weighted by Crippen LogP contribution is -2.43. The molecule has 2 N–H and O–H groups in total. The molecule has 0 aliphatic carbocycles. The van der Waals surface area contributed by atoms with Gasteiger partial charge in [-0.2, -0.15) is 33.1 Å². The number of likely N-dealkylation sites (N-methyl/N-ethyl adjacent to an activating group) is 1. The standard InChI is InChI=1S/C52H57Cl2F4N9O2/c1-27(2)45-33-16-21-66(24-37(33)60-49(62-45)69-26-51-17-8-19-67(51)20-9-18-51)39-11-7-10-32-31(13-14-35(53)41(32)39)38-15-12-30(65(38)6)25-68-50-63-46(28(3)4)34-23-36(54)42(44(55)47(34)64-50)48-43(52(56,57)58)29(5)22-40(59)61-48/h7,10-11,13-14,22-23,27-28,30,38H,8-9,12,15-21,24-26H2,1-6H3,(H2,59,61). The summed E-state index contributed by atoms with van der Waals surface area (Å²) in [6, 6.07) is 13.3. The van der Waals surface area contributed by atoms with E-state index < -0.39 is 28.8 Å². The number of benzene rings is 3. The quantitative estimate of drug-likeness (QED) is 0.125. The topological polar surface area (TPSA) is 119 Å². The fraction of sp³-hybridized carbons (Fsp3) is 0.481. The third-order valence-corrected chi connectivity index (χ3v) is 15.7. The number of hydrogen-bond donors (Lipinski definition) is 1. The minimum absolute atomic E-state index is 0.0230. The molecule has 10 rings (SSSR count). The van der Waals surface area contributed by atoms with E-state index in [0.717, 1.165) is 91.2 Å². The Morgan fingerprint density at radius 1 is 0.855 bits per heavy atom. The second-order valence-electron chi connectivity index (χ2n) is 20.0. The van der Waals surface area contributed by atoms with Crippen molar-refractivity contribution >= 4 is 56.4 Å². The van der Waals surface area contributed by atoms with Gasteiger partial charge in [0.2, 0.25) is 0 Å². The van der Waals surface area contributed by atoms with E-state index >= 15 is 4.39 Å². The van der Waals surface area contributed by atoms with E-state index in [2.05, 4.69) is 74.8 Å². The number of nitrogens with two attached hydrogens (primary N) is 1. The van der Waals surface area contributed by atoms with Crippen molar-refractivity contribution in [3.05, 3.63) is 97.7 Å². The Balaban J connectivity index is 0.905. The van der Waals surface area contributed by atoms with Gasteiger partial charge in [0.25, 0.3) is 0 Å². The fourth-order valence-electron chi connectivity index (χ4n) is 11.7. The highest BCUT2D eigenvalue weighted by atomic mass is 35.5. The van der Waals surface area contributed by atoms with Crippen LogP contribution in [-0.4, -0.2) is 86.2 Å².